The van der Waals surface area contributed by atoms with Crippen LogP contribution in [0.5, 0.6) is 0 Å². The van der Waals surface area contributed by atoms with Crippen LogP contribution in [0.1, 0.15) is 6.92 Å². The largest absolute Gasteiger partial charge is 0.436 e. The van der Waals surface area contributed by atoms with Crippen LogP contribution in [-0.4, -0.2) is 43.8 Å². The number of nitrogens with zero attached hydrogens (tertiary/aromatic N) is 1. The zero-order valence-electron chi connectivity index (χ0n) is 8.45. The maximum atomic E-state index is 11.4. The molecule has 14 heavy (non-hydrogen) atoms. The molecule has 0 bridgehead atoms. The lowest BCUT2D eigenvalue weighted by atomic mass is 10.2. The molecular formula is C10H16N2O2. The average Bonchev–Trinajstić information content (AvgIpc) is 2.39. The van der Waals surface area contributed by atoms with Gasteiger partial charge < -0.3 is 15.0 Å². The number of hydrogen-bond donors (Lipinski definition) is 1. The Bertz CT molecular complexity index is 235. The second-order valence-electron chi connectivity index (χ2n) is 3.51. The lowest BCUT2D eigenvalue weighted by Crippen LogP contribution is -2.36. The van der Waals surface area contributed by atoms with Crippen molar-refractivity contribution in [2.24, 2.45) is 5.92 Å². The van der Waals surface area contributed by atoms with Crippen LogP contribution in [0.3, 0.4) is 0 Å². The Labute approximate surface area is 84.6 Å². The number of terminal acetylenes is 1. The van der Waals surface area contributed by atoms with E-state index >= 15 is 0 Å². The van der Waals surface area contributed by atoms with Gasteiger partial charge in [-0.1, -0.05) is 12.8 Å². The van der Waals surface area contributed by atoms with Gasteiger partial charge in [-0.25, -0.2) is 4.79 Å². The summed E-state index contributed by atoms with van der Waals surface area (Å²) in [7, 11) is 0. The van der Waals surface area contributed by atoms with Crippen LogP contribution < -0.4 is 5.32 Å². The molecule has 1 rings (SSSR count). The number of hydrogen-bond acceptors (Lipinski definition) is 3. The predicted octanol–water partition coefficient (Wildman–Crippen LogP) is 0.298. The van der Waals surface area contributed by atoms with Crippen LogP contribution >= 0.6 is 0 Å². The second kappa shape index (κ2) is 5.51. The van der Waals surface area contributed by atoms with E-state index in [1.807, 2.05) is 0 Å². The number of amides is 1. The predicted molar refractivity (Wildman–Crippen MR) is 53.8 cm³/mol. The van der Waals surface area contributed by atoms with Gasteiger partial charge in [0, 0.05) is 19.6 Å². The van der Waals surface area contributed by atoms with E-state index in [-0.39, 0.29) is 12.7 Å². The summed E-state index contributed by atoms with van der Waals surface area (Å²) in [6, 6.07) is 0. The van der Waals surface area contributed by atoms with Gasteiger partial charge in [-0.05, 0) is 12.5 Å². The van der Waals surface area contributed by atoms with Gasteiger partial charge in [-0.15, -0.1) is 6.42 Å². The summed E-state index contributed by atoms with van der Waals surface area (Å²) in [6.45, 7) is 5.33. The van der Waals surface area contributed by atoms with Gasteiger partial charge in [0.05, 0.1) is 0 Å². The molecule has 0 aliphatic carbocycles. The first-order valence-corrected chi connectivity index (χ1v) is 4.80. The Morgan fingerprint density at radius 2 is 2.57 bits per heavy atom. The van der Waals surface area contributed by atoms with Crippen molar-refractivity contribution >= 4 is 6.09 Å². The van der Waals surface area contributed by atoms with Crippen molar-refractivity contribution in [3.05, 3.63) is 0 Å². The van der Waals surface area contributed by atoms with E-state index in [4.69, 9.17) is 11.2 Å². The highest BCUT2D eigenvalue weighted by molar-refractivity contribution is 5.67. The molecule has 1 amide bonds. The highest BCUT2D eigenvalue weighted by Crippen LogP contribution is 2.04. The molecule has 0 radical (unpaired) electrons. The van der Waals surface area contributed by atoms with E-state index in [0.29, 0.717) is 12.5 Å². The van der Waals surface area contributed by atoms with Gasteiger partial charge in [0.25, 0.3) is 0 Å². The number of rotatable bonds is 1. The van der Waals surface area contributed by atoms with Gasteiger partial charge in [-0.2, -0.15) is 0 Å². The van der Waals surface area contributed by atoms with Gasteiger partial charge >= 0.3 is 6.09 Å². The number of nitrogens with one attached hydrogen (secondary N) is 1. The van der Waals surface area contributed by atoms with Crippen LogP contribution in [0.4, 0.5) is 4.79 Å². The summed E-state index contributed by atoms with van der Waals surface area (Å²) in [5, 5.41) is 3.25. The molecule has 1 unspecified atom stereocenters. The third-order valence-electron chi connectivity index (χ3n) is 2.12. The van der Waals surface area contributed by atoms with Crippen LogP contribution in [-0.2, 0) is 4.74 Å². The second-order valence-corrected chi connectivity index (χ2v) is 3.51. The molecule has 4 heteroatoms. The van der Waals surface area contributed by atoms with Crippen LogP contribution in [0.25, 0.3) is 0 Å². The third-order valence-corrected chi connectivity index (χ3v) is 2.12. The Kier molecular flexibility index (Phi) is 4.27. The van der Waals surface area contributed by atoms with Crippen molar-refractivity contribution in [2.75, 3.05) is 32.8 Å². The molecule has 1 aliphatic rings. The molecule has 0 spiro atoms. The van der Waals surface area contributed by atoms with E-state index in [2.05, 4.69) is 18.2 Å². The Morgan fingerprint density at radius 3 is 3.29 bits per heavy atom. The molecular weight excluding hydrogens is 180 g/mol. The van der Waals surface area contributed by atoms with Gasteiger partial charge in [0.1, 0.15) is 0 Å². The van der Waals surface area contributed by atoms with Crippen molar-refractivity contribution in [2.45, 2.75) is 6.92 Å². The molecule has 1 saturated heterocycles. The zero-order valence-corrected chi connectivity index (χ0v) is 8.45. The zero-order chi connectivity index (χ0) is 10.4. The summed E-state index contributed by atoms with van der Waals surface area (Å²) in [6.07, 6.45) is 4.70. The first kappa shape index (κ1) is 10.9. The summed E-state index contributed by atoms with van der Waals surface area (Å²) >= 11 is 0. The summed E-state index contributed by atoms with van der Waals surface area (Å²) in [5.74, 6) is 2.73. The summed E-state index contributed by atoms with van der Waals surface area (Å²) in [4.78, 5) is 13.1. The minimum absolute atomic E-state index is 0.0527. The van der Waals surface area contributed by atoms with Crippen molar-refractivity contribution in [3.63, 3.8) is 0 Å². The molecule has 78 valence electrons. The van der Waals surface area contributed by atoms with Crippen molar-refractivity contribution in [1.29, 1.82) is 0 Å². The van der Waals surface area contributed by atoms with Gasteiger partial charge in [0.2, 0.25) is 0 Å². The van der Waals surface area contributed by atoms with Crippen LogP contribution in [0, 0.1) is 18.3 Å². The smallest absolute Gasteiger partial charge is 0.410 e. The van der Waals surface area contributed by atoms with E-state index < -0.39 is 0 Å². The fraction of sp³-hybridized carbons (Fsp3) is 0.700. The van der Waals surface area contributed by atoms with E-state index in [9.17, 15) is 4.79 Å². The molecule has 1 aliphatic heterocycles. The molecule has 1 atom stereocenters. The topological polar surface area (TPSA) is 41.6 Å². The monoisotopic (exact) mass is 196 g/mol. The molecule has 1 fully saturated rings. The molecule has 0 saturated carbocycles. The number of carbonyl (C=O) groups is 1. The van der Waals surface area contributed by atoms with Crippen LogP contribution in [0.15, 0.2) is 0 Å². The van der Waals surface area contributed by atoms with Crippen molar-refractivity contribution in [1.82, 2.24) is 10.2 Å². The Hall–Kier alpha value is -1.21. The van der Waals surface area contributed by atoms with Gasteiger partial charge in [-0.3, -0.25) is 0 Å². The summed E-state index contributed by atoms with van der Waals surface area (Å²) in [5.41, 5.74) is 0. The maximum absolute atomic E-state index is 11.4. The highest BCUT2D eigenvalue weighted by atomic mass is 16.6. The molecule has 0 aromatic rings. The van der Waals surface area contributed by atoms with Crippen molar-refractivity contribution < 1.29 is 9.53 Å². The molecule has 0 aromatic carbocycles. The lowest BCUT2D eigenvalue weighted by molar-refractivity contribution is 0.112. The van der Waals surface area contributed by atoms with E-state index in [1.54, 1.807) is 4.90 Å². The van der Waals surface area contributed by atoms with E-state index in [0.717, 1.165) is 19.6 Å². The molecule has 1 N–H and O–H groups in total. The number of ether oxygens (including phenoxy) is 1. The minimum atomic E-state index is -0.307. The normalized spacial score (nSPS) is 22.3. The average molecular weight is 196 g/mol. The first-order valence-electron chi connectivity index (χ1n) is 4.80. The van der Waals surface area contributed by atoms with E-state index in [1.165, 1.54) is 0 Å². The first-order chi connectivity index (χ1) is 6.74. The standard InChI is InChI=1S/C10H16N2O2/c1-3-6-14-10(13)12-5-4-11-7-9(2)8-12/h1,9,11H,4-8H2,2H3. The van der Waals surface area contributed by atoms with Crippen LogP contribution in [0.2, 0.25) is 0 Å². The fourth-order valence-electron chi connectivity index (χ4n) is 1.46. The van der Waals surface area contributed by atoms with Crippen molar-refractivity contribution in [3.8, 4) is 12.3 Å². The fourth-order valence-corrected chi connectivity index (χ4v) is 1.46. The Balaban J connectivity index is 2.41. The minimum Gasteiger partial charge on any atom is -0.436 e. The molecule has 4 nitrogen and oxygen atoms in total. The Morgan fingerprint density at radius 1 is 1.79 bits per heavy atom. The quantitative estimate of drug-likeness (QED) is 0.613. The number of carbonyl (C=O) groups excluding carboxylic acids is 1. The SMILES string of the molecule is C#CCOC(=O)N1CCNCC(C)C1. The lowest BCUT2D eigenvalue weighted by Gasteiger charge is -2.20. The maximum Gasteiger partial charge on any atom is 0.410 e. The highest BCUT2D eigenvalue weighted by Gasteiger charge is 2.19. The van der Waals surface area contributed by atoms with Gasteiger partial charge in [0.15, 0.2) is 6.61 Å². The molecule has 0 aromatic heterocycles. The molecule has 1 heterocycles. The summed E-state index contributed by atoms with van der Waals surface area (Å²) < 4.78 is 4.86. The third kappa shape index (κ3) is 3.27.